The summed E-state index contributed by atoms with van der Waals surface area (Å²) >= 11 is 0. The normalized spacial score (nSPS) is 10.2. The molecular weight excluding hydrogens is 158 g/mol. The van der Waals surface area contributed by atoms with Crippen molar-refractivity contribution in [3.8, 4) is 0 Å². The van der Waals surface area contributed by atoms with Crippen LogP contribution in [0, 0.1) is 0 Å². The van der Waals surface area contributed by atoms with Crippen LogP contribution in [0.4, 0.5) is 0 Å². The predicted molar refractivity (Wildman–Crippen MR) is 49.3 cm³/mol. The lowest BCUT2D eigenvalue weighted by Gasteiger charge is -2.16. The average Bonchev–Trinajstić information content (AvgIpc) is 1.84. The Morgan fingerprint density at radius 2 is 1.67 bits per heavy atom. The van der Waals surface area contributed by atoms with Crippen LogP contribution in [-0.4, -0.2) is 26.6 Å². The molecule has 9 heteroatoms. The Balaban J connectivity index is 3.61. The van der Waals surface area contributed by atoms with Crippen molar-refractivity contribution in [2.45, 2.75) is 19.7 Å². The Hall–Kier alpha value is -0.0452. The minimum Gasteiger partial charge on any atom is -0.448 e. The zero-order valence-corrected chi connectivity index (χ0v) is 7.31. The summed E-state index contributed by atoms with van der Waals surface area (Å²) in [5.74, 6) is 0.120. The second-order valence-electron chi connectivity index (χ2n) is 2.74. The van der Waals surface area contributed by atoms with Crippen LogP contribution < -0.4 is 16.9 Å². The Morgan fingerprint density at radius 1 is 1.17 bits per heavy atom. The molecule has 0 saturated carbocycles. The Morgan fingerprint density at radius 3 is 2.00 bits per heavy atom. The fourth-order valence-corrected chi connectivity index (χ4v) is 0.481. The van der Waals surface area contributed by atoms with Crippen molar-refractivity contribution in [2.75, 3.05) is 0 Å². The molecule has 0 unspecified atom stereocenters. The Kier molecular flexibility index (Phi) is 5.55. The second kappa shape index (κ2) is 5.57. The van der Waals surface area contributed by atoms with Gasteiger partial charge >= 0.3 is 21.6 Å². The largest absolute Gasteiger partial charge is 0.536 e. The van der Waals surface area contributed by atoms with E-state index in [-0.39, 0.29) is 5.82 Å². The average molecular weight is 173 g/mol. The van der Waals surface area contributed by atoms with E-state index in [1.807, 2.05) is 13.8 Å². The minimum absolute atomic E-state index is 0.120. The van der Waals surface area contributed by atoms with Crippen molar-refractivity contribution in [3.05, 3.63) is 0 Å². The van der Waals surface area contributed by atoms with Crippen molar-refractivity contribution < 1.29 is 14.2 Å². The van der Waals surface area contributed by atoms with Gasteiger partial charge in [0.1, 0.15) is 0 Å². The molecule has 0 fully saturated rings. The molecule has 12 heavy (non-hydrogen) atoms. The van der Waals surface area contributed by atoms with Gasteiger partial charge in [-0.25, -0.2) is 0 Å². The summed E-state index contributed by atoms with van der Waals surface area (Å²) in [6.45, 7) is 3.74. The molecule has 7 N–H and O–H groups in total. The molecule has 0 rings (SSSR count). The van der Waals surface area contributed by atoms with Crippen LogP contribution in [0.1, 0.15) is 13.8 Å². The summed E-state index contributed by atoms with van der Waals surface area (Å²) in [7, 11) is -3.07. The lowest BCUT2D eigenvalue weighted by molar-refractivity contribution is 0.362. The molecule has 0 aromatic heterocycles. The molecule has 0 heterocycles. The van der Waals surface area contributed by atoms with Crippen molar-refractivity contribution >= 4 is 21.6 Å². The fraction of sp³-hybridized carbons (Fsp3) is 1.00. The molecule has 0 aromatic rings. The molecule has 0 aromatic carbocycles. The van der Waals surface area contributed by atoms with Crippen LogP contribution in [0.15, 0.2) is 0 Å². The van der Waals surface area contributed by atoms with Gasteiger partial charge in [0.25, 0.3) is 0 Å². The van der Waals surface area contributed by atoms with E-state index in [1.165, 1.54) is 0 Å². The molecular formula is C3H14B3N3O3. The van der Waals surface area contributed by atoms with Crippen molar-refractivity contribution in [1.82, 2.24) is 0 Å². The monoisotopic (exact) mass is 173 g/mol. The van der Waals surface area contributed by atoms with E-state index in [0.717, 1.165) is 0 Å². The van der Waals surface area contributed by atoms with Gasteiger partial charge in [0.2, 0.25) is 0 Å². The third-order valence-corrected chi connectivity index (χ3v) is 1.22. The fourth-order valence-electron chi connectivity index (χ4n) is 0.481. The van der Waals surface area contributed by atoms with Gasteiger partial charge in [0, 0.05) is 0 Å². The van der Waals surface area contributed by atoms with Crippen LogP contribution in [-0.2, 0) is 9.14 Å². The van der Waals surface area contributed by atoms with E-state index >= 15 is 0 Å². The SMILES string of the molecule is CC(C)B(N)OB(N)OB(N)O. The summed E-state index contributed by atoms with van der Waals surface area (Å²) < 4.78 is 9.40. The summed E-state index contributed by atoms with van der Waals surface area (Å²) in [5.41, 5.74) is 15.6. The predicted octanol–water partition coefficient (Wildman–Crippen LogP) is -2.24. The topological polar surface area (TPSA) is 117 Å². The van der Waals surface area contributed by atoms with E-state index in [9.17, 15) is 0 Å². The van der Waals surface area contributed by atoms with Gasteiger partial charge in [-0.05, 0) is 5.82 Å². The molecule has 0 radical (unpaired) electrons. The molecule has 6 nitrogen and oxygen atoms in total. The quantitative estimate of drug-likeness (QED) is 0.349. The molecule has 0 bridgehead atoms. The van der Waals surface area contributed by atoms with Crippen LogP contribution in [0.5, 0.6) is 0 Å². The van der Waals surface area contributed by atoms with Gasteiger partial charge in [-0.3, -0.25) is 0 Å². The van der Waals surface area contributed by atoms with E-state index in [0.29, 0.717) is 0 Å². The van der Waals surface area contributed by atoms with Crippen LogP contribution >= 0.6 is 0 Å². The maximum absolute atomic E-state index is 8.53. The highest BCUT2D eigenvalue weighted by Gasteiger charge is 2.25. The first kappa shape index (κ1) is 12.0. The number of rotatable bonds is 5. The number of hydrogen-bond acceptors (Lipinski definition) is 6. The van der Waals surface area contributed by atoms with E-state index in [1.54, 1.807) is 0 Å². The van der Waals surface area contributed by atoms with Crippen molar-refractivity contribution in [2.24, 2.45) is 16.9 Å². The molecule has 0 aliphatic heterocycles. The van der Waals surface area contributed by atoms with Gasteiger partial charge in [-0.1, -0.05) is 13.8 Å². The molecule has 68 valence electrons. The third kappa shape index (κ3) is 5.59. The van der Waals surface area contributed by atoms with E-state index < -0.39 is 21.6 Å². The highest BCUT2D eigenvalue weighted by atomic mass is 16.6. The molecule has 0 atom stereocenters. The Labute approximate surface area is 73.2 Å². The van der Waals surface area contributed by atoms with Gasteiger partial charge in [0.05, 0.1) is 0 Å². The highest BCUT2D eigenvalue weighted by Crippen LogP contribution is 2.03. The zero-order valence-electron chi connectivity index (χ0n) is 7.31. The van der Waals surface area contributed by atoms with Crippen LogP contribution in [0.3, 0.4) is 0 Å². The van der Waals surface area contributed by atoms with Crippen molar-refractivity contribution in [1.29, 1.82) is 0 Å². The van der Waals surface area contributed by atoms with Gasteiger partial charge < -0.3 is 31.1 Å². The lowest BCUT2D eigenvalue weighted by atomic mass is 9.69. The third-order valence-electron chi connectivity index (χ3n) is 1.22. The molecule has 0 saturated heterocycles. The molecule has 0 spiro atoms. The lowest BCUT2D eigenvalue weighted by Crippen LogP contribution is -2.50. The minimum atomic E-state index is -1.45. The van der Waals surface area contributed by atoms with Gasteiger partial charge in [-0.2, -0.15) is 0 Å². The first-order valence-electron chi connectivity index (χ1n) is 3.69. The summed E-state index contributed by atoms with van der Waals surface area (Å²) in [6.07, 6.45) is 0. The van der Waals surface area contributed by atoms with Crippen LogP contribution in [0.25, 0.3) is 0 Å². The van der Waals surface area contributed by atoms with E-state index in [4.69, 9.17) is 26.5 Å². The number of hydrogen-bond donors (Lipinski definition) is 4. The van der Waals surface area contributed by atoms with Gasteiger partial charge in [0.15, 0.2) is 0 Å². The standard InChI is InChI=1S/C3H14B3N3O3/c1-3(2)4(7)11-6(9)12-5(8)10/h3,10H,7-9H2,1-2H3. The van der Waals surface area contributed by atoms with Gasteiger partial charge in [-0.15, -0.1) is 0 Å². The smallest absolute Gasteiger partial charge is 0.448 e. The number of nitrogens with two attached hydrogens (primary N) is 3. The second-order valence-corrected chi connectivity index (χ2v) is 2.74. The summed E-state index contributed by atoms with van der Waals surface area (Å²) in [5, 5.41) is 8.53. The summed E-state index contributed by atoms with van der Waals surface area (Å²) in [6, 6.07) is 0. The molecule has 0 aliphatic rings. The maximum Gasteiger partial charge on any atom is 0.536 e. The summed E-state index contributed by atoms with van der Waals surface area (Å²) in [4.78, 5) is 0. The van der Waals surface area contributed by atoms with E-state index in [2.05, 4.69) is 4.57 Å². The molecule has 0 aliphatic carbocycles. The highest BCUT2D eigenvalue weighted by molar-refractivity contribution is 6.64. The zero-order chi connectivity index (χ0) is 9.72. The van der Waals surface area contributed by atoms with Crippen molar-refractivity contribution in [3.63, 3.8) is 0 Å². The molecule has 0 amide bonds. The van der Waals surface area contributed by atoms with Crippen LogP contribution in [0.2, 0.25) is 5.82 Å². The Bertz CT molecular complexity index is 127. The first-order valence-corrected chi connectivity index (χ1v) is 3.69. The maximum atomic E-state index is 8.53. The first-order chi connectivity index (χ1) is 5.43.